The molecule has 0 fully saturated rings. The lowest BCUT2D eigenvalue weighted by molar-refractivity contribution is -0.274. The molecule has 2 N–H and O–H groups in total. The molecule has 1 aromatic carbocycles. The van der Waals surface area contributed by atoms with Gasteiger partial charge in [0.25, 0.3) is 5.78 Å². The highest BCUT2D eigenvalue weighted by atomic mass is 19.4. The number of nitrogens with zero attached hydrogens (tertiary/aromatic N) is 4. The van der Waals surface area contributed by atoms with Gasteiger partial charge < -0.3 is 15.2 Å². The Morgan fingerprint density at radius 3 is 2.32 bits per heavy atom. The molecule has 7 nitrogen and oxygen atoms in total. The van der Waals surface area contributed by atoms with Crippen LogP contribution in [0, 0.1) is 6.92 Å². The third kappa shape index (κ3) is 3.86. The molecule has 0 saturated carbocycles. The first-order valence-corrected chi connectivity index (χ1v) is 8.43. The Balaban J connectivity index is 2.03. The topological polar surface area (TPSA) is 84.6 Å². The molecule has 0 radical (unpaired) electrons. The summed E-state index contributed by atoms with van der Waals surface area (Å²) in [6.45, 7) is 6.75. The predicted molar refractivity (Wildman–Crippen MR) is 95.9 cm³/mol. The summed E-state index contributed by atoms with van der Waals surface area (Å²) in [5, 5.41) is 18.2. The summed E-state index contributed by atoms with van der Waals surface area (Å²) in [5.74, 6) is 0.572. The van der Waals surface area contributed by atoms with E-state index < -0.39 is 17.5 Å². The molecule has 150 valence electrons. The number of benzene rings is 1. The lowest BCUT2D eigenvalue weighted by atomic mass is 9.78. The number of hydrogen-bond donors (Lipinski definition) is 2. The third-order valence-electron chi connectivity index (χ3n) is 4.65. The minimum atomic E-state index is -4.77. The van der Waals surface area contributed by atoms with Crippen LogP contribution in [0.25, 0.3) is 5.78 Å². The van der Waals surface area contributed by atoms with Gasteiger partial charge in [0, 0.05) is 11.8 Å². The van der Waals surface area contributed by atoms with Gasteiger partial charge in [0.05, 0.1) is 11.1 Å². The van der Waals surface area contributed by atoms with Crippen LogP contribution < -0.4 is 10.1 Å². The quantitative estimate of drug-likeness (QED) is 0.689. The molecule has 0 unspecified atom stereocenters. The second kappa shape index (κ2) is 6.62. The SMILES string of the molecule is Cc1cc(N[C@](C)(c2ccc(OC(F)(F)F)cc2)C(C)(C)O)n2ncnc2n1. The zero-order valence-corrected chi connectivity index (χ0v) is 15.7. The van der Waals surface area contributed by atoms with Crippen molar-refractivity contribution in [3.63, 3.8) is 0 Å². The van der Waals surface area contributed by atoms with Crippen LogP contribution in [0.2, 0.25) is 0 Å². The number of nitrogens with one attached hydrogen (secondary N) is 1. The maximum absolute atomic E-state index is 12.4. The van der Waals surface area contributed by atoms with Gasteiger partial charge in [-0.3, -0.25) is 0 Å². The zero-order valence-electron chi connectivity index (χ0n) is 15.7. The van der Waals surface area contributed by atoms with Crippen molar-refractivity contribution in [3.8, 4) is 5.75 Å². The standard InChI is InChI=1S/C18H20F3N5O2/c1-11-9-14(26-15(24-11)22-10-23-26)25-17(4,16(2,3)27)12-5-7-13(8-6-12)28-18(19,20)21/h5-10,25,27H,1-4H3/t17-/m1/s1. The van der Waals surface area contributed by atoms with Gasteiger partial charge in [0.2, 0.25) is 0 Å². The lowest BCUT2D eigenvalue weighted by Gasteiger charge is -2.42. The number of rotatable bonds is 5. The van der Waals surface area contributed by atoms with Crippen LogP contribution in [0.15, 0.2) is 36.7 Å². The molecule has 0 amide bonds. The molecule has 1 atom stereocenters. The van der Waals surface area contributed by atoms with E-state index in [-0.39, 0.29) is 5.75 Å². The van der Waals surface area contributed by atoms with Crippen LogP contribution in [0.1, 0.15) is 32.0 Å². The Bertz CT molecular complexity index is 980. The molecule has 3 rings (SSSR count). The molecule has 0 bridgehead atoms. The average Bonchev–Trinajstić information content (AvgIpc) is 3.01. The fourth-order valence-corrected chi connectivity index (χ4v) is 2.84. The molecule has 28 heavy (non-hydrogen) atoms. The van der Waals surface area contributed by atoms with E-state index in [2.05, 4.69) is 25.1 Å². The maximum Gasteiger partial charge on any atom is 0.573 e. The number of aromatic nitrogens is 4. The van der Waals surface area contributed by atoms with Crippen molar-refractivity contribution >= 4 is 11.6 Å². The second-order valence-corrected chi connectivity index (χ2v) is 7.14. The summed E-state index contributed by atoms with van der Waals surface area (Å²) >= 11 is 0. The van der Waals surface area contributed by atoms with Crippen molar-refractivity contribution in [2.75, 3.05) is 5.32 Å². The molecule has 0 saturated heterocycles. The number of hydrogen-bond acceptors (Lipinski definition) is 6. The molecular formula is C18H20F3N5O2. The van der Waals surface area contributed by atoms with Crippen LogP contribution >= 0.6 is 0 Å². The molecule has 0 aliphatic heterocycles. The summed E-state index contributed by atoms with van der Waals surface area (Å²) in [6.07, 6.45) is -3.41. The Labute approximate surface area is 159 Å². The molecule has 0 spiro atoms. The van der Waals surface area contributed by atoms with Crippen LogP contribution in [0.3, 0.4) is 0 Å². The number of anilines is 1. The first-order chi connectivity index (χ1) is 12.9. The number of aliphatic hydroxyl groups is 1. The summed E-state index contributed by atoms with van der Waals surface area (Å²) in [6, 6.07) is 7.10. The fourth-order valence-electron chi connectivity index (χ4n) is 2.84. The number of fused-ring (bicyclic) bond motifs is 1. The summed E-state index contributed by atoms with van der Waals surface area (Å²) in [7, 11) is 0. The highest BCUT2D eigenvalue weighted by Crippen LogP contribution is 2.37. The van der Waals surface area contributed by atoms with Crippen LogP contribution in [0.5, 0.6) is 5.75 Å². The lowest BCUT2D eigenvalue weighted by Crippen LogP contribution is -2.51. The molecule has 2 aromatic heterocycles. The normalized spacial score (nSPS) is 14.7. The second-order valence-electron chi connectivity index (χ2n) is 7.14. The zero-order chi connectivity index (χ0) is 20.7. The van der Waals surface area contributed by atoms with E-state index in [9.17, 15) is 18.3 Å². The largest absolute Gasteiger partial charge is 0.573 e. The van der Waals surface area contributed by atoms with Crippen LogP contribution in [-0.4, -0.2) is 36.7 Å². The minimum Gasteiger partial charge on any atom is -0.406 e. The van der Waals surface area contributed by atoms with E-state index in [1.807, 2.05) is 0 Å². The maximum atomic E-state index is 12.4. The molecule has 3 aromatic rings. The van der Waals surface area contributed by atoms with Gasteiger partial charge in [-0.15, -0.1) is 13.2 Å². The van der Waals surface area contributed by atoms with Crippen molar-refractivity contribution in [1.29, 1.82) is 0 Å². The smallest absolute Gasteiger partial charge is 0.406 e. The molecule has 0 aliphatic carbocycles. The summed E-state index contributed by atoms with van der Waals surface area (Å²) in [4.78, 5) is 8.34. The number of aryl methyl sites for hydroxylation is 1. The fraction of sp³-hybridized carbons (Fsp3) is 0.389. The van der Waals surface area contributed by atoms with Crippen LogP contribution in [-0.2, 0) is 5.54 Å². The Hall–Kier alpha value is -2.88. The van der Waals surface area contributed by atoms with E-state index in [1.165, 1.54) is 35.1 Å². The minimum absolute atomic E-state index is 0.340. The first-order valence-electron chi connectivity index (χ1n) is 8.43. The van der Waals surface area contributed by atoms with Gasteiger partial charge in [-0.05, 0) is 45.4 Å². The van der Waals surface area contributed by atoms with Gasteiger partial charge in [-0.2, -0.15) is 14.6 Å². The highest BCUT2D eigenvalue weighted by molar-refractivity contribution is 5.50. The number of ether oxygens (including phenoxy) is 1. The average molecular weight is 395 g/mol. The molecule has 10 heteroatoms. The summed E-state index contributed by atoms with van der Waals surface area (Å²) in [5.41, 5.74) is -1.15. The van der Waals surface area contributed by atoms with Gasteiger partial charge >= 0.3 is 6.36 Å². The highest BCUT2D eigenvalue weighted by Gasteiger charge is 2.42. The third-order valence-corrected chi connectivity index (χ3v) is 4.65. The Morgan fingerprint density at radius 1 is 1.11 bits per heavy atom. The van der Waals surface area contributed by atoms with E-state index >= 15 is 0 Å². The van der Waals surface area contributed by atoms with E-state index in [1.54, 1.807) is 33.8 Å². The van der Waals surface area contributed by atoms with Gasteiger partial charge in [-0.1, -0.05) is 12.1 Å². The molecule has 0 aliphatic rings. The molecular weight excluding hydrogens is 375 g/mol. The van der Waals surface area contributed by atoms with Crippen molar-refractivity contribution in [2.45, 2.75) is 45.2 Å². The number of halogens is 3. The van der Waals surface area contributed by atoms with Gasteiger partial charge in [0.1, 0.15) is 17.9 Å². The number of alkyl halides is 3. The Kier molecular flexibility index (Phi) is 4.70. The summed E-state index contributed by atoms with van der Waals surface area (Å²) < 4.78 is 42.6. The first kappa shape index (κ1) is 19.9. The van der Waals surface area contributed by atoms with Crippen molar-refractivity contribution in [3.05, 3.63) is 47.9 Å². The van der Waals surface area contributed by atoms with Crippen LogP contribution in [0.4, 0.5) is 19.0 Å². The van der Waals surface area contributed by atoms with E-state index in [0.717, 1.165) is 0 Å². The van der Waals surface area contributed by atoms with Crippen molar-refractivity contribution < 1.29 is 23.0 Å². The Morgan fingerprint density at radius 2 is 1.75 bits per heavy atom. The molecule has 2 heterocycles. The predicted octanol–water partition coefficient (Wildman–Crippen LogP) is 3.43. The van der Waals surface area contributed by atoms with Crippen molar-refractivity contribution in [2.24, 2.45) is 0 Å². The van der Waals surface area contributed by atoms with Gasteiger partial charge in [-0.25, -0.2) is 4.98 Å². The van der Waals surface area contributed by atoms with Crippen molar-refractivity contribution in [1.82, 2.24) is 19.6 Å². The van der Waals surface area contributed by atoms with E-state index in [0.29, 0.717) is 22.9 Å². The monoisotopic (exact) mass is 395 g/mol. The van der Waals surface area contributed by atoms with E-state index in [4.69, 9.17) is 0 Å². The van der Waals surface area contributed by atoms with Gasteiger partial charge in [0.15, 0.2) is 0 Å².